The first kappa shape index (κ1) is 14.4. The first-order chi connectivity index (χ1) is 11.2. The summed E-state index contributed by atoms with van der Waals surface area (Å²) in [5.41, 5.74) is 3.36. The number of rotatable bonds is 3. The number of hydrogen-bond acceptors (Lipinski definition) is 3. The number of anilines is 1. The second-order valence-corrected chi connectivity index (χ2v) is 6.39. The van der Waals surface area contributed by atoms with Crippen molar-refractivity contribution in [3.8, 4) is 0 Å². The quantitative estimate of drug-likeness (QED) is 0.869. The summed E-state index contributed by atoms with van der Waals surface area (Å²) in [5, 5.41) is 0.636. The lowest BCUT2D eigenvalue weighted by Crippen LogP contribution is -2.34. The van der Waals surface area contributed by atoms with Crippen molar-refractivity contribution in [3.63, 3.8) is 0 Å². The Morgan fingerprint density at radius 3 is 2.78 bits per heavy atom. The zero-order valence-electron chi connectivity index (χ0n) is 12.6. The summed E-state index contributed by atoms with van der Waals surface area (Å²) >= 11 is 6.35. The summed E-state index contributed by atoms with van der Waals surface area (Å²) in [6.07, 6.45) is 5.87. The molecule has 1 amide bonds. The highest BCUT2D eigenvalue weighted by molar-refractivity contribution is 6.36. The Morgan fingerprint density at radius 2 is 2.00 bits per heavy atom. The van der Waals surface area contributed by atoms with Gasteiger partial charge in [-0.25, -0.2) is 0 Å². The molecule has 1 aromatic carbocycles. The molecule has 0 bridgehead atoms. The third-order valence-electron chi connectivity index (χ3n) is 4.29. The van der Waals surface area contributed by atoms with Gasteiger partial charge in [-0.15, -0.1) is 0 Å². The Morgan fingerprint density at radius 1 is 1.17 bits per heavy atom. The summed E-state index contributed by atoms with van der Waals surface area (Å²) < 4.78 is 0. The average Bonchev–Trinajstić information content (AvgIpc) is 3.39. The first-order valence-corrected chi connectivity index (χ1v) is 8.16. The Balaban J connectivity index is 1.84. The highest BCUT2D eigenvalue weighted by atomic mass is 35.5. The molecule has 0 atom stereocenters. The van der Waals surface area contributed by atoms with E-state index in [0.717, 1.165) is 29.1 Å². The SMILES string of the molecule is O=C1CN=C(c2ccccc2Cl)c2ccncc2N1CC1CC1. The molecule has 2 aliphatic rings. The molecule has 0 N–H and O–H groups in total. The molecule has 0 unspecified atom stereocenters. The zero-order chi connectivity index (χ0) is 15.8. The van der Waals surface area contributed by atoms with Gasteiger partial charge in [-0.2, -0.15) is 0 Å². The van der Waals surface area contributed by atoms with Gasteiger partial charge in [0.2, 0.25) is 5.91 Å². The third kappa shape index (κ3) is 2.75. The average molecular weight is 326 g/mol. The smallest absolute Gasteiger partial charge is 0.248 e. The van der Waals surface area contributed by atoms with Crippen LogP contribution in [0.15, 0.2) is 47.7 Å². The number of carbonyl (C=O) groups excluding carboxylic acids is 1. The molecule has 0 saturated heterocycles. The van der Waals surface area contributed by atoms with Crippen molar-refractivity contribution >= 4 is 28.9 Å². The molecule has 0 radical (unpaired) electrons. The van der Waals surface area contributed by atoms with Crippen LogP contribution in [0.3, 0.4) is 0 Å². The van der Waals surface area contributed by atoms with E-state index in [4.69, 9.17) is 11.6 Å². The van der Waals surface area contributed by atoms with E-state index in [0.29, 0.717) is 10.9 Å². The molecular formula is C18H16ClN3O. The van der Waals surface area contributed by atoms with Crippen LogP contribution in [0.4, 0.5) is 5.69 Å². The highest BCUT2D eigenvalue weighted by Crippen LogP contribution is 2.34. The van der Waals surface area contributed by atoms with Crippen LogP contribution in [-0.2, 0) is 4.79 Å². The predicted molar refractivity (Wildman–Crippen MR) is 91.3 cm³/mol. The molecule has 4 rings (SSSR count). The minimum atomic E-state index is 0.0215. The molecule has 1 fully saturated rings. The number of carbonyl (C=O) groups is 1. The van der Waals surface area contributed by atoms with Crippen LogP contribution in [0.25, 0.3) is 0 Å². The van der Waals surface area contributed by atoms with E-state index >= 15 is 0 Å². The van der Waals surface area contributed by atoms with E-state index in [1.807, 2.05) is 35.2 Å². The van der Waals surface area contributed by atoms with Gasteiger partial charge in [0.1, 0.15) is 6.54 Å². The fourth-order valence-corrected chi connectivity index (χ4v) is 3.12. The first-order valence-electron chi connectivity index (χ1n) is 7.78. The number of aliphatic imine (C=N–C) groups is 1. The van der Waals surface area contributed by atoms with Crippen LogP contribution >= 0.6 is 11.6 Å². The highest BCUT2D eigenvalue weighted by Gasteiger charge is 2.31. The molecule has 1 aliphatic heterocycles. The minimum absolute atomic E-state index is 0.0215. The van der Waals surface area contributed by atoms with E-state index in [9.17, 15) is 4.79 Å². The van der Waals surface area contributed by atoms with Crippen molar-refractivity contribution in [3.05, 3.63) is 58.9 Å². The number of amides is 1. The van der Waals surface area contributed by atoms with E-state index in [2.05, 4.69) is 9.98 Å². The number of hydrogen-bond donors (Lipinski definition) is 0. The second kappa shape index (κ2) is 5.78. The molecule has 2 heterocycles. The van der Waals surface area contributed by atoms with Gasteiger partial charge < -0.3 is 4.90 Å². The summed E-state index contributed by atoms with van der Waals surface area (Å²) in [5.74, 6) is 0.627. The van der Waals surface area contributed by atoms with Crippen molar-refractivity contribution in [2.75, 3.05) is 18.0 Å². The largest absolute Gasteiger partial charge is 0.308 e. The molecule has 23 heavy (non-hydrogen) atoms. The molecule has 1 aliphatic carbocycles. The van der Waals surface area contributed by atoms with Crippen molar-refractivity contribution in [1.82, 2.24) is 4.98 Å². The zero-order valence-corrected chi connectivity index (χ0v) is 13.3. The topological polar surface area (TPSA) is 45.6 Å². The number of benzene rings is 1. The Kier molecular flexibility index (Phi) is 3.62. The molecule has 1 aromatic heterocycles. The molecule has 4 nitrogen and oxygen atoms in total. The second-order valence-electron chi connectivity index (χ2n) is 5.99. The van der Waals surface area contributed by atoms with Crippen LogP contribution in [0.2, 0.25) is 5.02 Å². The van der Waals surface area contributed by atoms with Crippen LogP contribution < -0.4 is 4.90 Å². The summed E-state index contributed by atoms with van der Waals surface area (Å²) in [4.78, 5) is 23.2. The number of halogens is 1. The monoisotopic (exact) mass is 325 g/mol. The van der Waals surface area contributed by atoms with E-state index in [1.165, 1.54) is 12.8 Å². The molecule has 116 valence electrons. The van der Waals surface area contributed by atoms with Gasteiger partial charge >= 0.3 is 0 Å². The number of aromatic nitrogens is 1. The third-order valence-corrected chi connectivity index (χ3v) is 4.62. The van der Waals surface area contributed by atoms with Gasteiger partial charge in [-0.1, -0.05) is 29.8 Å². The number of fused-ring (bicyclic) bond motifs is 1. The van der Waals surface area contributed by atoms with Crippen molar-refractivity contribution in [1.29, 1.82) is 0 Å². The molecule has 5 heteroatoms. The Labute approximate surface area is 139 Å². The molecular weight excluding hydrogens is 310 g/mol. The van der Waals surface area contributed by atoms with E-state index in [-0.39, 0.29) is 12.5 Å². The van der Waals surface area contributed by atoms with Gasteiger partial charge in [0, 0.05) is 28.9 Å². The van der Waals surface area contributed by atoms with E-state index < -0.39 is 0 Å². The normalized spacial score (nSPS) is 17.5. The van der Waals surface area contributed by atoms with Crippen LogP contribution in [0.1, 0.15) is 24.0 Å². The maximum Gasteiger partial charge on any atom is 0.248 e. The summed E-state index contributed by atoms with van der Waals surface area (Å²) in [6.45, 7) is 0.894. The van der Waals surface area contributed by atoms with Gasteiger partial charge in [0.15, 0.2) is 0 Å². The molecule has 1 saturated carbocycles. The number of pyridine rings is 1. The summed E-state index contributed by atoms with van der Waals surface area (Å²) in [7, 11) is 0. The van der Waals surface area contributed by atoms with Crippen LogP contribution in [-0.4, -0.2) is 29.7 Å². The van der Waals surface area contributed by atoms with Crippen molar-refractivity contribution in [2.24, 2.45) is 10.9 Å². The lowest BCUT2D eigenvalue weighted by Gasteiger charge is -2.22. The van der Waals surface area contributed by atoms with Gasteiger partial charge in [-0.3, -0.25) is 14.8 Å². The van der Waals surface area contributed by atoms with E-state index in [1.54, 1.807) is 12.4 Å². The van der Waals surface area contributed by atoms with Gasteiger partial charge in [0.25, 0.3) is 0 Å². The van der Waals surface area contributed by atoms with Gasteiger partial charge in [0.05, 0.1) is 17.6 Å². The maximum absolute atomic E-state index is 12.6. The maximum atomic E-state index is 12.6. The Hall–Kier alpha value is -2.20. The van der Waals surface area contributed by atoms with Gasteiger partial charge in [-0.05, 0) is 30.9 Å². The van der Waals surface area contributed by atoms with Crippen molar-refractivity contribution in [2.45, 2.75) is 12.8 Å². The van der Waals surface area contributed by atoms with Crippen LogP contribution in [0, 0.1) is 5.92 Å². The van der Waals surface area contributed by atoms with Crippen LogP contribution in [0.5, 0.6) is 0 Å². The molecule has 0 spiro atoms. The summed E-state index contributed by atoms with van der Waals surface area (Å²) in [6, 6.07) is 9.51. The number of nitrogens with zero attached hydrogens (tertiary/aromatic N) is 3. The minimum Gasteiger partial charge on any atom is -0.308 e. The standard InChI is InChI=1S/C18H16ClN3O/c19-15-4-2-1-3-13(15)18-14-7-8-20-9-16(14)22(11-12-5-6-12)17(23)10-21-18/h1-4,7-9,12H,5-6,10-11H2. The Bertz CT molecular complexity index is 798. The fraction of sp³-hybridized carbons (Fsp3) is 0.278. The lowest BCUT2D eigenvalue weighted by molar-refractivity contribution is -0.117. The lowest BCUT2D eigenvalue weighted by atomic mass is 10.0. The molecule has 2 aromatic rings. The predicted octanol–water partition coefficient (Wildman–Crippen LogP) is 3.33. The fourth-order valence-electron chi connectivity index (χ4n) is 2.90. The van der Waals surface area contributed by atoms with Crippen molar-refractivity contribution < 1.29 is 4.79 Å².